The van der Waals surface area contributed by atoms with Crippen molar-refractivity contribution in [3.8, 4) is 16.9 Å². The molecule has 4 rings (SSSR count). The number of rotatable bonds is 11. The maximum atomic E-state index is 12.7. The fourth-order valence-corrected chi connectivity index (χ4v) is 3.69. The number of pyridine rings is 1. The van der Waals surface area contributed by atoms with Crippen LogP contribution in [0.3, 0.4) is 0 Å². The van der Waals surface area contributed by atoms with E-state index in [1.807, 2.05) is 67.6 Å². The summed E-state index contributed by atoms with van der Waals surface area (Å²) in [6, 6.07) is 19.5. The molecule has 1 amide bonds. The number of hydrogen-bond donors (Lipinski definition) is 3. The van der Waals surface area contributed by atoms with Crippen molar-refractivity contribution in [2.24, 2.45) is 0 Å². The van der Waals surface area contributed by atoms with E-state index in [9.17, 15) is 4.79 Å². The van der Waals surface area contributed by atoms with Gasteiger partial charge in [-0.1, -0.05) is 36.4 Å². The van der Waals surface area contributed by atoms with Gasteiger partial charge in [0, 0.05) is 19.2 Å². The molecule has 2 heterocycles. The van der Waals surface area contributed by atoms with E-state index in [4.69, 9.17) is 9.84 Å². The molecule has 2 aromatic heterocycles. The fraction of sp³-hybridized carbons (Fsp3) is 0.259. The van der Waals surface area contributed by atoms with Gasteiger partial charge in [-0.15, -0.1) is 10.2 Å². The van der Waals surface area contributed by atoms with Crippen molar-refractivity contribution in [2.45, 2.75) is 32.6 Å². The number of H-pyrrole nitrogens is 1. The summed E-state index contributed by atoms with van der Waals surface area (Å²) < 4.78 is 5.88. The van der Waals surface area contributed by atoms with Gasteiger partial charge in [0.25, 0.3) is 5.91 Å². The Morgan fingerprint density at radius 3 is 2.71 bits per heavy atom. The number of benzene rings is 2. The predicted molar refractivity (Wildman–Crippen MR) is 134 cm³/mol. The van der Waals surface area contributed by atoms with Crippen molar-refractivity contribution >= 4 is 11.7 Å². The molecule has 0 fully saturated rings. The summed E-state index contributed by atoms with van der Waals surface area (Å²) >= 11 is 0. The molecule has 8 nitrogen and oxygen atoms in total. The fourth-order valence-electron chi connectivity index (χ4n) is 3.69. The Kier molecular flexibility index (Phi) is 8.19. The molecule has 0 aliphatic carbocycles. The van der Waals surface area contributed by atoms with Crippen LogP contribution in [0.15, 0.2) is 66.9 Å². The van der Waals surface area contributed by atoms with Crippen LogP contribution in [0.4, 0.5) is 5.82 Å². The second kappa shape index (κ2) is 11.9. The van der Waals surface area contributed by atoms with Gasteiger partial charge in [0.1, 0.15) is 17.4 Å². The topological polar surface area (TPSA) is 113 Å². The Morgan fingerprint density at radius 2 is 1.89 bits per heavy atom. The van der Waals surface area contributed by atoms with Crippen molar-refractivity contribution in [1.82, 2.24) is 20.2 Å². The van der Waals surface area contributed by atoms with E-state index in [0.717, 1.165) is 47.3 Å². The largest absolute Gasteiger partial charge is 0.494 e. The average molecular weight is 472 g/mol. The van der Waals surface area contributed by atoms with E-state index in [0.29, 0.717) is 24.7 Å². The van der Waals surface area contributed by atoms with Crippen molar-refractivity contribution in [1.29, 1.82) is 0 Å². The lowest BCUT2D eigenvalue weighted by Gasteiger charge is -2.12. The second-order valence-corrected chi connectivity index (χ2v) is 8.28. The first kappa shape index (κ1) is 24.1. The minimum absolute atomic E-state index is 0.135. The number of anilines is 1. The summed E-state index contributed by atoms with van der Waals surface area (Å²) in [5.74, 6) is 1.55. The number of unbranched alkanes of at least 4 members (excludes halogenated alkanes) is 2. The van der Waals surface area contributed by atoms with Crippen LogP contribution < -0.4 is 10.1 Å². The Bertz CT molecular complexity index is 1260. The zero-order valence-electron chi connectivity index (χ0n) is 19.7. The smallest absolute Gasteiger partial charge is 0.294 e. The lowest BCUT2D eigenvalue weighted by molar-refractivity contribution is 0.101. The summed E-state index contributed by atoms with van der Waals surface area (Å²) in [4.78, 5) is 20.0. The van der Waals surface area contributed by atoms with E-state index in [1.165, 1.54) is 0 Å². The molecular formula is C27H29N5O3. The van der Waals surface area contributed by atoms with Gasteiger partial charge in [-0.3, -0.25) is 4.79 Å². The van der Waals surface area contributed by atoms with Crippen LogP contribution >= 0.6 is 0 Å². The first-order valence-corrected chi connectivity index (χ1v) is 11.7. The molecule has 0 aliphatic rings. The van der Waals surface area contributed by atoms with E-state index in [-0.39, 0.29) is 12.4 Å². The maximum absolute atomic E-state index is 12.7. The van der Waals surface area contributed by atoms with Crippen molar-refractivity contribution in [3.05, 3.63) is 89.6 Å². The van der Waals surface area contributed by atoms with Crippen LogP contribution in [0.2, 0.25) is 0 Å². The molecule has 0 atom stereocenters. The number of aromatic amines is 1. The van der Waals surface area contributed by atoms with Gasteiger partial charge in [-0.2, -0.15) is 0 Å². The molecule has 0 unspecified atom stereocenters. The van der Waals surface area contributed by atoms with Crippen molar-refractivity contribution in [2.75, 3.05) is 18.5 Å². The second-order valence-electron chi connectivity index (χ2n) is 8.28. The monoisotopic (exact) mass is 471 g/mol. The Morgan fingerprint density at radius 1 is 1.03 bits per heavy atom. The quantitative estimate of drug-likeness (QED) is 0.276. The SMILES string of the molecule is Cc1ccc(OCCCCCO)cc1-c1ccnc(NC(=O)c2nnc(Cc3ccccc3)[nH]2)c1. The minimum Gasteiger partial charge on any atom is -0.494 e. The predicted octanol–water partition coefficient (Wildman–Crippen LogP) is 4.56. The van der Waals surface area contributed by atoms with E-state index < -0.39 is 5.91 Å². The third-order valence-corrected chi connectivity index (χ3v) is 5.56. The van der Waals surface area contributed by atoms with Crippen LogP contribution in [-0.2, 0) is 6.42 Å². The molecule has 180 valence electrons. The molecule has 4 aromatic rings. The summed E-state index contributed by atoms with van der Waals surface area (Å²) in [5, 5.41) is 19.8. The highest BCUT2D eigenvalue weighted by molar-refractivity contribution is 6.01. The first-order chi connectivity index (χ1) is 17.1. The number of amides is 1. The molecule has 8 heteroatoms. The van der Waals surface area contributed by atoms with Gasteiger partial charge in [-0.25, -0.2) is 4.98 Å². The highest BCUT2D eigenvalue weighted by Crippen LogP contribution is 2.29. The van der Waals surface area contributed by atoms with Gasteiger partial charge in [-0.05, 0) is 72.7 Å². The third kappa shape index (κ3) is 6.74. The number of carbonyl (C=O) groups is 1. The van der Waals surface area contributed by atoms with E-state index in [1.54, 1.807) is 6.20 Å². The number of aliphatic hydroxyl groups is 1. The summed E-state index contributed by atoms with van der Waals surface area (Å²) in [6.45, 7) is 2.84. The van der Waals surface area contributed by atoms with Crippen molar-refractivity contribution < 1.29 is 14.6 Å². The number of aliphatic hydroxyl groups excluding tert-OH is 1. The van der Waals surface area contributed by atoms with Gasteiger partial charge in [0.15, 0.2) is 0 Å². The van der Waals surface area contributed by atoms with Crippen LogP contribution in [-0.4, -0.2) is 44.4 Å². The molecule has 0 spiro atoms. The van der Waals surface area contributed by atoms with Gasteiger partial charge in [0.05, 0.1) is 6.61 Å². The zero-order valence-corrected chi connectivity index (χ0v) is 19.7. The summed E-state index contributed by atoms with van der Waals surface area (Å²) in [6.07, 6.45) is 4.84. The highest BCUT2D eigenvalue weighted by atomic mass is 16.5. The van der Waals surface area contributed by atoms with Crippen LogP contribution in [0.1, 0.15) is 46.8 Å². The molecule has 2 aromatic carbocycles. The third-order valence-electron chi connectivity index (χ3n) is 5.56. The van der Waals surface area contributed by atoms with Crippen LogP contribution in [0.5, 0.6) is 5.75 Å². The molecule has 35 heavy (non-hydrogen) atoms. The molecule has 0 bridgehead atoms. The van der Waals surface area contributed by atoms with E-state index >= 15 is 0 Å². The standard InChI is InChI=1S/C27H29N5O3/c1-19-10-11-22(35-15-7-3-6-14-33)18-23(19)21-12-13-28-24(17-21)30-27(34)26-29-25(31-32-26)16-20-8-4-2-5-9-20/h2,4-5,8-13,17-18,33H,3,6-7,14-16H2,1H3,(H,28,30,34)(H,29,31,32). The zero-order chi connectivity index (χ0) is 24.5. The molecule has 0 aliphatic heterocycles. The molecule has 0 radical (unpaired) electrons. The number of nitrogens with one attached hydrogen (secondary N) is 2. The van der Waals surface area contributed by atoms with Gasteiger partial charge < -0.3 is 20.1 Å². The Balaban J connectivity index is 1.42. The maximum Gasteiger partial charge on any atom is 0.294 e. The number of nitrogens with zero attached hydrogens (tertiary/aromatic N) is 3. The van der Waals surface area contributed by atoms with Gasteiger partial charge in [0.2, 0.25) is 5.82 Å². The number of ether oxygens (including phenoxy) is 1. The normalized spacial score (nSPS) is 10.8. The summed E-state index contributed by atoms with van der Waals surface area (Å²) in [7, 11) is 0. The number of aromatic nitrogens is 4. The van der Waals surface area contributed by atoms with Crippen molar-refractivity contribution in [3.63, 3.8) is 0 Å². The average Bonchev–Trinajstić information content (AvgIpc) is 3.34. The first-order valence-electron chi connectivity index (χ1n) is 11.7. The van der Waals surface area contributed by atoms with Crippen LogP contribution in [0.25, 0.3) is 11.1 Å². The van der Waals surface area contributed by atoms with Crippen LogP contribution in [0, 0.1) is 6.92 Å². The lowest BCUT2D eigenvalue weighted by Crippen LogP contribution is -2.14. The minimum atomic E-state index is -0.404. The molecule has 0 saturated carbocycles. The van der Waals surface area contributed by atoms with Gasteiger partial charge >= 0.3 is 0 Å². The molecular weight excluding hydrogens is 442 g/mol. The lowest BCUT2D eigenvalue weighted by atomic mass is 10.0. The Labute approximate surface area is 204 Å². The summed E-state index contributed by atoms with van der Waals surface area (Å²) in [5.41, 5.74) is 4.08. The highest BCUT2D eigenvalue weighted by Gasteiger charge is 2.14. The molecule has 3 N–H and O–H groups in total. The number of aryl methyl sites for hydroxylation is 1. The van der Waals surface area contributed by atoms with E-state index in [2.05, 4.69) is 25.5 Å². The molecule has 0 saturated heterocycles. The number of hydrogen-bond acceptors (Lipinski definition) is 6. The number of carbonyl (C=O) groups excluding carboxylic acids is 1. The Hall–Kier alpha value is -4.04.